The van der Waals surface area contributed by atoms with Crippen LogP contribution < -0.4 is 0 Å². The van der Waals surface area contributed by atoms with Crippen LogP contribution in [-0.2, 0) is 11.1 Å². The lowest BCUT2D eigenvalue weighted by molar-refractivity contribution is 0.571. The Labute approximate surface area is 34.5 Å². The Hall–Kier alpha value is 0.110. The summed E-state index contributed by atoms with van der Waals surface area (Å²) in [7, 11) is 0. The van der Waals surface area contributed by atoms with Crippen LogP contribution in [-0.4, -0.2) is 15.0 Å². The monoisotopic (exact) mass is 96.0 g/mol. The van der Waals surface area contributed by atoms with Crippen molar-refractivity contribution in [1.29, 1.82) is 0 Å². The van der Waals surface area contributed by atoms with Crippen molar-refractivity contribution >= 4 is 11.1 Å². The molecule has 5 heavy (non-hydrogen) atoms. The maximum atomic E-state index is 9.11. The topological polar surface area (TPSA) is 37.3 Å². The standard InChI is InChI=1S/CH4O2S.CH4/c1-4(2)3;/h1H3,(H,2,3);1H4. The summed E-state index contributed by atoms with van der Waals surface area (Å²) < 4.78 is 16.6. The van der Waals surface area contributed by atoms with Crippen molar-refractivity contribution in [3.63, 3.8) is 0 Å². The van der Waals surface area contributed by atoms with Crippen molar-refractivity contribution in [3.05, 3.63) is 0 Å². The van der Waals surface area contributed by atoms with Gasteiger partial charge >= 0.3 is 0 Å². The fraction of sp³-hybridized carbons (Fsp3) is 1.00. The van der Waals surface area contributed by atoms with Gasteiger partial charge < -0.3 is 4.55 Å². The first-order valence-electron chi connectivity index (χ1n) is 0.757. The Bertz CT molecular complexity index is 30.6. The number of rotatable bonds is 0. The molecule has 0 aliphatic rings. The van der Waals surface area contributed by atoms with Crippen molar-refractivity contribution in [2.45, 2.75) is 7.43 Å². The Morgan fingerprint density at radius 2 is 1.80 bits per heavy atom. The smallest absolute Gasteiger partial charge is 0.149 e. The normalized spacial score (nSPS) is 12.4. The van der Waals surface area contributed by atoms with Crippen LogP contribution in [0.2, 0.25) is 0 Å². The summed E-state index contributed by atoms with van der Waals surface area (Å²) in [5.41, 5.74) is 0. The van der Waals surface area contributed by atoms with Crippen LogP contribution in [0.25, 0.3) is 0 Å². The molecule has 0 spiro atoms. The third-order valence-corrected chi connectivity index (χ3v) is 0. The first-order valence-corrected chi connectivity index (χ1v) is 2.27. The molecule has 0 aliphatic carbocycles. The van der Waals surface area contributed by atoms with E-state index in [4.69, 9.17) is 8.76 Å². The molecule has 0 bridgehead atoms. The first kappa shape index (κ1) is 8.92. The van der Waals surface area contributed by atoms with Gasteiger partial charge in [0.05, 0.1) is 0 Å². The Morgan fingerprint density at radius 3 is 1.80 bits per heavy atom. The van der Waals surface area contributed by atoms with Gasteiger partial charge in [-0.25, -0.2) is 4.21 Å². The van der Waals surface area contributed by atoms with Crippen LogP contribution in [0.4, 0.5) is 0 Å². The molecular formula is C2H8O2S. The highest BCUT2D eigenvalue weighted by Crippen LogP contribution is 1.45. The molecule has 3 heteroatoms. The van der Waals surface area contributed by atoms with Gasteiger partial charge in [0.2, 0.25) is 0 Å². The molecule has 1 atom stereocenters. The van der Waals surface area contributed by atoms with Crippen LogP contribution >= 0.6 is 0 Å². The minimum atomic E-state index is -1.61. The van der Waals surface area contributed by atoms with E-state index in [1.165, 1.54) is 6.26 Å². The summed E-state index contributed by atoms with van der Waals surface area (Å²) in [6.45, 7) is 0. The highest BCUT2D eigenvalue weighted by Gasteiger charge is 1.59. The molecule has 0 heterocycles. The Morgan fingerprint density at radius 1 is 1.80 bits per heavy atom. The summed E-state index contributed by atoms with van der Waals surface area (Å²) in [5, 5.41) is 0. The molecule has 1 N–H and O–H groups in total. The maximum Gasteiger partial charge on any atom is 0.149 e. The minimum Gasteiger partial charge on any atom is -0.306 e. The molecule has 0 fully saturated rings. The molecule has 0 rings (SSSR count). The van der Waals surface area contributed by atoms with E-state index >= 15 is 0 Å². The van der Waals surface area contributed by atoms with Crippen molar-refractivity contribution in [2.24, 2.45) is 0 Å². The van der Waals surface area contributed by atoms with Crippen molar-refractivity contribution < 1.29 is 8.76 Å². The van der Waals surface area contributed by atoms with Gasteiger partial charge in [-0.3, -0.25) is 0 Å². The van der Waals surface area contributed by atoms with Crippen LogP contribution in [0.1, 0.15) is 7.43 Å². The van der Waals surface area contributed by atoms with Crippen LogP contribution in [0.5, 0.6) is 0 Å². The lowest BCUT2D eigenvalue weighted by Gasteiger charge is -1.60. The Balaban J connectivity index is 0. The molecule has 0 amide bonds. The highest BCUT2D eigenvalue weighted by molar-refractivity contribution is 7.78. The van der Waals surface area contributed by atoms with Gasteiger partial charge in [-0.2, -0.15) is 0 Å². The van der Waals surface area contributed by atoms with Crippen LogP contribution in [0.3, 0.4) is 0 Å². The summed E-state index contributed by atoms with van der Waals surface area (Å²) in [5.74, 6) is 0. The zero-order valence-corrected chi connectivity index (χ0v) is 3.08. The van der Waals surface area contributed by atoms with E-state index in [0.717, 1.165) is 0 Å². The van der Waals surface area contributed by atoms with Crippen LogP contribution in [0, 0.1) is 0 Å². The van der Waals surface area contributed by atoms with Crippen LogP contribution in [0.15, 0.2) is 0 Å². The molecule has 0 aromatic rings. The third-order valence-electron chi connectivity index (χ3n) is 0. The Kier molecular flexibility index (Phi) is 7.34. The molecule has 0 aromatic carbocycles. The lowest BCUT2D eigenvalue weighted by Crippen LogP contribution is -1.72. The quantitative estimate of drug-likeness (QED) is 0.445. The van der Waals surface area contributed by atoms with E-state index in [1.807, 2.05) is 0 Å². The van der Waals surface area contributed by atoms with E-state index in [2.05, 4.69) is 0 Å². The molecule has 34 valence electrons. The first-order chi connectivity index (χ1) is 1.73. The van der Waals surface area contributed by atoms with E-state index in [-0.39, 0.29) is 7.43 Å². The highest BCUT2D eigenvalue weighted by atomic mass is 32.2. The molecule has 0 aromatic heterocycles. The maximum absolute atomic E-state index is 9.11. The fourth-order valence-corrected chi connectivity index (χ4v) is 0. The summed E-state index contributed by atoms with van der Waals surface area (Å²) in [4.78, 5) is 0. The zero-order chi connectivity index (χ0) is 3.58. The second kappa shape index (κ2) is 4.11. The van der Waals surface area contributed by atoms with E-state index < -0.39 is 11.1 Å². The summed E-state index contributed by atoms with van der Waals surface area (Å²) >= 11 is -1.61. The van der Waals surface area contributed by atoms with Gasteiger partial charge in [0.25, 0.3) is 0 Å². The van der Waals surface area contributed by atoms with Gasteiger partial charge in [0.1, 0.15) is 11.1 Å². The molecule has 0 saturated carbocycles. The molecular weight excluding hydrogens is 88.1 g/mol. The SMILES string of the molecule is C.CS(=O)O. The molecule has 0 aliphatic heterocycles. The fourth-order valence-electron chi connectivity index (χ4n) is 0. The second-order valence-electron chi connectivity index (χ2n) is 0.424. The summed E-state index contributed by atoms with van der Waals surface area (Å²) in [6.07, 6.45) is 1.19. The van der Waals surface area contributed by atoms with Gasteiger partial charge in [0, 0.05) is 6.26 Å². The van der Waals surface area contributed by atoms with Gasteiger partial charge in [-0.05, 0) is 0 Å². The van der Waals surface area contributed by atoms with Crippen molar-refractivity contribution in [2.75, 3.05) is 6.26 Å². The predicted molar refractivity (Wildman–Crippen MR) is 23.4 cm³/mol. The molecule has 2 nitrogen and oxygen atoms in total. The largest absolute Gasteiger partial charge is 0.306 e. The van der Waals surface area contributed by atoms with E-state index in [0.29, 0.717) is 0 Å². The lowest BCUT2D eigenvalue weighted by atomic mass is 12.0. The van der Waals surface area contributed by atoms with Crippen molar-refractivity contribution in [3.8, 4) is 0 Å². The number of hydrogen-bond donors (Lipinski definition) is 1. The van der Waals surface area contributed by atoms with E-state index in [1.54, 1.807) is 0 Å². The molecule has 1 unspecified atom stereocenters. The van der Waals surface area contributed by atoms with Gasteiger partial charge in [-0.1, -0.05) is 7.43 Å². The average Bonchev–Trinajstić information content (AvgIpc) is 0.811. The van der Waals surface area contributed by atoms with E-state index in [9.17, 15) is 0 Å². The third kappa shape index (κ3) is 1510. The molecule has 0 saturated heterocycles. The van der Waals surface area contributed by atoms with Crippen molar-refractivity contribution in [1.82, 2.24) is 0 Å². The van der Waals surface area contributed by atoms with Gasteiger partial charge in [-0.15, -0.1) is 0 Å². The molecule has 0 radical (unpaired) electrons. The number of hydrogen-bond acceptors (Lipinski definition) is 1. The minimum absolute atomic E-state index is 0. The zero-order valence-electron chi connectivity index (χ0n) is 2.26. The van der Waals surface area contributed by atoms with Gasteiger partial charge in [0.15, 0.2) is 0 Å². The predicted octanol–water partition coefficient (Wildman–Crippen LogP) is 0.474. The second-order valence-corrected chi connectivity index (χ2v) is 1.27. The average molecular weight is 96.2 g/mol. The summed E-state index contributed by atoms with van der Waals surface area (Å²) in [6, 6.07) is 0.